The molecule has 1 aliphatic carbocycles. The summed E-state index contributed by atoms with van der Waals surface area (Å²) in [5, 5.41) is 0. The first kappa shape index (κ1) is 19.7. The molecule has 1 aliphatic rings. The zero-order chi connectivity index (χ0) is 16.0. The van der Waals surface area contributed by atoms with E-state index in [1.165, 1.54) is 19.3 Å². The molecule has 9 heteroatoms. The van der Waals surface area contributed by atoms with Gasteiger partial charge in [0.05, 0.1) is 12.5 Å². The first-order chi connectivity index (χ1) is 8.95. The molecule has 0 aromatic rings. The lowest BCUT2D eigenvalue weighted by Gasteiger charge is -2.19. The largest absolute Gasteiger partial charge is 0.741 e. The number of halogens is 3. The summed E-state index contributed by atoms with van der Waals surface area (Å²) < 4.78 is 58.9. The second kappa shape index (κ2) is 8.23. The smallest absolute Gasteiger partial charge is 0.485 e. The standard InChI is InChI=1S/C10H19OS.CHF3O3S/c1-12(2)8-10(11)9-6-4-3-5-7-9;2-1(3,4)8(5,6)7/h9H,3-8H2,1-2H3;(H,5,6,7)/q+1;/p-1. The molecule has 0 spiro atoms. The Kier molecular flexibility index (Phi) is 8.12. The minimum Gasteiger partial charge on any atom is -0.741 e. The molecule has 0 amide bonds. The normalized spacial score (nSPS) is 17.6. The number of rotatable bonds is 3. The molecule has 0 radical (unpaired) electrons. The van der Waals surface area contributed by atoms with Crippen molar-refractivity contribution in [1.82, 2.24) is 0 Å². The highest BCUT2D eigenvalue weighted by Gasteiger charge is 2.36. The Balaban J connectivity index is 0.000000396. The van der Waals surface area contributed by atoms with Crippen LogP contribution in [0.25, 0.3) is 0 Å². The Morgan fingerprint density at radius 2 is 1.60 bits per heavy atom. The molecule has 20 heavy (non-hydrogen) atoms. The van der Waals surface area contributed by atoms with Crippen LogP contribution in [0.5, 0.6) is 0 Å². The average molecular weight is 336 g/mol. The van der Waals surface area contributed by atoms with Crippen LogP contribution in [-0.2, 0) is 25.8 Å². The van der Waals surface area contributed by atoms with E-state index in [-0.39, 0.29) is 0 Å². The summed E-state index contributed by atoms with van der Waals surface area (Å²) in [6.45, 7) is 0. The summed E-state index contributed by atoms with van der Waals surface area (Å²) in [6.07, 6.45) is 10.5. The lowest BCUT2D eigenvalue weighted by molar-refractivity contribution is -0.121. The zero-order valence-electron chi connectivity index (χ0n) is 11.4. The van der Waals surface area contributed by atoms with Gasteiger partial charge in [-0.1, -0.05) is 19.3 Å². The third-order valence-corrected chi connectivity index (χ3v) is 4.20. The summed E-state index contributed by atoms with van der Waals surface area (Å²) in [5.74, 6) is 1.78. The number of Topliss-reactive ketones (excluding diaryl/α,β-unsaturated/α-hetero) is 1. The van der Waals surface area contributed by atoms with Crippen molar-refractivity contribution in [3.05, 3.63) is 0 Å². The van der Waals surface area contributed by atoms with Crippen molar-refractivity contribution >= 4 is 26.8 Å². The van der Waals surface area contributed by atoms with Gasteiger partial charge >= 0.3 is 5.51 Å². The van der Waals surface area contributed by atoms with Gasteiger partial charge in [-0.05, 0) is 23.7 Å². The summed E-state index contributed by atoms with van der Waals surface area (Å²) >= 11 is 0. The minimum atomic E-state index is -6.09. The van der Waals surface area contributed by atoms with E-state index in [0.29, 0.717) is 22.6 Å². The van der Waals surface area contributed by atoms with Crippen molar-refractivity contribution in [2.24, 2.45) is 5.92 Å². The zero-order valence-corrected chi connectivity index (χ0v) is 13.0. The van der Waals surface area contributed by atoms with Crippen molar-refractivity contribution < 1.29 is 30.9 Å². The molecule has 0 heterocycles. The molecular formula is C11H19F3O4S2. The molecule has 1 saturated carbocycles. The predicted octanol–water partition coefficient (Wildman–Crippen LogP) is 2.07. The fourth-order valence-corrected chi connectivity index (χ4v) is 2.63. The van der Waals surface area contributed by atoms with Gasteiger partial charge in [-0.15, -0.1) is 0 Å². The molecule has 0 aliphatic heterocycles. The van der Waals surface area contributed by atoms with E-state index in [1.807, 2.05) is 0 Å². The lowest BCUT2D eigenvalue weighted by atomic mass is 9.87. The molecule has 4 nitrogen and oxygen atoms in total. The van der Waals surface area contributed by atoms with Crippen LogP contribution in [0.15, 0.2) is 0 Å². The van der Waals surface area contributed by atoms with Crippen LogP contribution >= 0.6 is 0 Å². The van der Waals surface area contributed by atoms with Crippen LogP contribution in [-0.4, -0.2) is 42.5 Å². The van der Waals surface area contributed by atoms with Crippen molar-refractivity contribution in [2.45, 2.75) is 37.6 Å². The van der Waals surface area contributed by atoms with Gasteiger partial charge < -0.3 is 4.55 Å². The highest BCUT2D eigenvalue weighted by molar-refractivity contribution is 7.96. The summed E-state index contributed by atoms with van der Waals surface area (Å²) in [6, 6.07) is 0. The summed E-state index contributed by atoms with van der Waals surface area (Å²) in [7, 11) is -5.79. The lowest BCUT2D eigenvalue weighted by Crippen LogP contribution is -2.24. The quantitative estimate of drug-likeness (QED) is 0.449. The van der Waals surface area contributed by atoms with Gasteiger partial charge in [-0.3, -0.25) is 4.79 Å². The Morgan fingerprint density at radius 1 is 1.20 bits per heavy atom. The predicted molar refractivity (Wildman–Crippen MR) is 71.4 cm³/mol. The van der Waals surface area contributed by atoms with E-state index in [9.17, 15) is 18.0 Å². The molecule has 0 bridgehead atoms. The van der Waals surface area contributed by atoms with Crippen LogP contribution in [0.2, 0.25) is 0 Å². The van der Waals surface area contributed by atoms with Crippen LogP contribution < -0.4 is 0 Å². The number of hydrogen-bond acceptors (Lipinski definition) is 4. The van der Waals surface area contributed by atoms with Crippen LogP contribution in [0.4, 0.5) is 13.2 Å². The molecule has 120 valence electrons. The topological polar surface area (TPSA) is 74.3 Å². The van der Waals surface area contributed by atoms with E-state index < -0.39 is 15.6 Å². The fourth-order valence-electron chi connectivity index (χ4n) is 1.83. The van der Waals surface area contributed by atoms with Gasteiger partial charge in [-0.25, -0.2) is 8.42 Å². The molecule has 0 N–H and O–H groups in total. The number of alkyl halides is 3. The SMILES string of the molecule is C[S+](C)CC(=O)C1CCCCC1.O=S(=O)([O-])C(F)(F)F. The molecule has 1 fully saturated rings. The average Bonchev–Trinajstić information content (AvgIpc) is 2.27. The number of carbonyl (C=O) groups excluding carboxylic acids is 1. The maximum atomic E-state index is 11.6. The Labute approximate surface area is 120 Å². The molecule has 0 atom stereocenters. The molecule has 0 unspecified atom stereocenters. The molecule has 1 rings (SSSR count). The van der Waals surface area contributed by atoms with Gasteiger partial charge in [-0.2, -0.15) is 13.2 Å². The van der Waals surface area contributed by atoms with Gasteiger partial charge in [0.25, 0.3) is 0 Å². The van der Waals surface area contributed by atoms with Gasteiger partial charge in [0.2, 0.25) is 0 Å². The van der Waals surface area contributed by atoms with E-state index in [1.54, 1.807) is 0 Å². The second-order valence-corrected chi connectivity index (χ2v) is 8.46. The first-order valence-corrected chi connectivity index (χ1v) is 9.66. The molecule has 0 aromatic carbocycles. The van der Waals surface area contributed by atoms with E-state index in [2.05, 4.69) is 12.5 Å². The van der Waals surface area contributed by atoms with E-state index >= 15 is 0 Å². The Morgan fingerprint density at radius 3 is 1.90 bits per heavy atom. The monoisotopic (exact) mass is 336 g/mol. The Hall–Kier alpha value is -0.280. The third kappa shape index (κ3) is 8.11. The van der Waals surface area contributed by atoms with Crippen LogP contribution in [0.3, 0.4) is 0 Å². The van der Waals surface area contributed by atoms with Crippen molar-refractivity contribution in [3.8, 4) is 0 Å². The second-order valence-electron chi connectivity index (χ2n) is 4.83. The Bertz CT molecular complexity index is 398. The van der Waals surface area contributed by atoms with E-state index in [0.717, 1.165) is 18.6 Å². The molecule has 0 aromatic heterocycles. The van der Waals surface area contributed by atoms with Crippen molar-refractivity contribution in [3.63, 3.8) is 0 Å². The number of ketones is 1. The molecular weight excluding hydrogens is 317 g/mol. The summed E-state index contributed by atoms with van der Waals surface area (Å²) in [4.78, 5) is 11.6. The maximum Gasteiger partial charge on any atom is 0.485 e. The highest BCUT2D eigenvalue weighted by Crippen LogP contribution is 2.24. The highest BCUT2D eigenvalue weighted by atomic mass is 32.2. The number of carbonyl (C=O) groups is 1. The first-order valence-electron chi connectivity index (χ1n) is 6.04. The van der Waals surface area contributed by atoms with Gasteiger partial charge in [0.1, 0.15) is 0 Å². The van der Waals surface area contributed by atoms with Gasteiger partial charge in [0.15, 0.2) is 21.7 Å². The third-order valence-electron chi connectivity index (χ3n) is 2.77. The van der Waals surface area contributed by atoms with E-state index in [4.69, 9.17) is 13.0 Å². The minimum absolute atomic E-state index is 0.303. The number of hydrogen-bond donors (Lipinski definition) is 0. The van der Waals surface area contributed by atoms with Crippen LogP contribution in [0, 0.1) is 5.92 Å². The van der Waals surface area contributed by atoms with Crippen LogP contribution in [0.1, 0.15) is 32.1 Å². The van der Waals surface area contributed by atoms with Crippen molar-refractivity contribution in [1.29, 1.82) is 0 Å². The molecule has 0 saturated heterocycles. The maximum absolute atomic E-state index is 11.6. The van der Waals surface area contributed by atoms with Gasteiger partial charge in [0, 0.05) is 5.92 Å². The van der Waals surface area contributed by atoms with Crippen molar-refractivity contribution in [2.75, 3.05) is 18.3 Å². The fraction of sp³-hybridized carbons (Fsp3) is 0.909. The summed E-state index contributed by atoms with van der Waals surface area (Å²) in [5.41, 5.74) is -5.65.